The third kappa shape index (κ3) is 3.74. The van der Waals surface area contributed by atoms with E-state index in [4.69, 9.17) is 0 Å². The summed E-state index contributed by atoms with van der Waals surface area (Å²) in [5.74, 6) is 0.163. The molecule has 0 saturated heterocycles. The van der Waals surface area contributed by atoms with Gasteiger partial charge in [-0.15, -0.1) is 0 Å². The molecule has 0 aliphatic carbocycles. The van der Waals surface area contributed by atoms with Crippen molar-refractivity contribution in [3.8, 4) is 0 Å². The number of benzene rings is 1. The Morgan fingerprint density at radius 3 is 2.62 bits per heavy atom. The highest BCUT2D eigenvalue weighted by molar-refractivity contribution is 5.97. The number of fused-ring (bicyclic) bond motifs is 1. The van der Waals surface area contributed by atoms with Gasteiger partial charge in [-0.05, 0) is 57.9 Å². The lowest BCUT2D eigenvalue weighted by atomic mass is 10.0. The molecular formula is C16H23N3O2. The van der Waals surface area contributed by atoms with Crippen molar-refractivity contribution in [2.45, 2.75) is 46.1 Å². The number of anilines is 2. The second kappa shape index (κ2) is 5.76. The molecule has 0 aromatic heterocycles. The summed E-state index contributed by atoms with van der Waals surface area (Å²) in [6.45, 7) is 8.44. The van der Waals surface area contributed by atoms with Gasteiger partial charge in [-0.1, -0.05) is 0 Å². The summed E-state index contributed by atoms with van der Waals surface area (Å²) in [7, 11) is 0. The third-order valence-corrected chi connectivity index (χ3v) is 3.34. The van der Waals surface area contributed by atoms with Crippen molar-refractivity contribution in [1.82, 2.24) is 5.32 Å². The van der Waals surface area contributed by atoms with Crippen molar-refractivity contribution in [3.05, 3.63) is 23.8 Å². The maximum absolute atomic E-state index is 11.9. The smallest absolute Gasteiger partial charge is 0.319 e. The van der Waals surface area contributed by atoms with Gasteiger partial charge in [-0.2, -0.15) is 0 Å². The number of nitrogens with one attached hydrogen (secondary N) is 2. The molecule has 0 saturated carbocycles. The fourth-order valence-corrected chi connectivity index (χ4v) is 2.49. The van der Waals surface area contributed by atoms with E-state index in [2.05, 4.69) is 10.6 Å². The molecule has 3 amide bonds. The summed E-state index contributed by atoms with van der Waals surface area (Å²) < 4.78 is 0. The predicted octanol–water partition coefficient (Wildman–Crippen LogP) is 2.91. The topological polar surface area (TPSA) is 61.4 Å². The first-order valence-corrected chi connectivity index (χ1v) is 7.32. The zero-order valence-corrected chi connectivity index (χ0v) is 13.1. The lowest BCUT2D eigenvalue weighted by molar-refractivity contribution is -0.118. The van der Waals surface area contributed by atoms with Crippen LogP contribution >= 0.6 is 0 Å². The van der Waals surface area contributed by atoms with Gasteiger partial charge in [0.25, 0.3) is 0 Å². The van der Waals surface area contributed by atoms with Crippen molar-refractivity contribution in [2.75, 3.05) is 16.8 Å². The summed E-state index contributed by atoms with van der Waals surface area (Å²) >= 11 is 0. The number of urea groups is 1. The first-order chi connectivity index (χ1) is 9.80. The van der Waals surface area contributed by atoms with Gasteiger partial charge >= 0.3 is 6.03 Å². The lowest BCUT2D eigenvalue weighted by Gasteiger charge is -2.29. The van der Waals surface area contributed by atoms with Crippen molar-refractivity contribution in [2.24, 2.45) is 0 Å². The van der Waals surface area contributed by atoms with E-state index in [9.17, 15) is 9.59 Å². The Labute approximate surface area is 125 Å². The van der Waals surface area contributed by atoms with E-state index in [1.54, 1.807) is 4.90 Å². The second-order valence-electron chi connectivity index (χ2n) is 6.31. The molecule has 0 unspecified atom stereocenters. The molecule has 1 aliphatic rings. The van der Waals surface area contributed by atoms with Crippen LogP contribution in [-0.4, -0.2) is 24.0 Å². The minimum atomic E-state index is -0.274. The molecule has 1 aliphatic heterocycles. The monoisotopic (exact) mass is 289 g/mol. The quantitative estimate of drug-likeness (QED) is 0.879. The fourth-order valence-electron chi connectivity index (χ4n) is 2.49. The Bertz CT molecular complexity index is 561. The van der Waals surface area contributed by atoms with Gasteiger partial charge < -0.3 is 15.5 Å². The van der Waals surface area contributed by atoms with E-state index in [-0.39, 0.29) is 17.5 Å². The molecule has 1 aromatic carbocycles. The zero-order chi connectivity index (χ0) is 15.6. The van der Waals surface area contributed by atoms with Gasteiger partial charge in [-0.25, -0.2) is 4.79 Å². The number of rotatable bonds is 2. The van der Waals surface area contributed by atoms with Crippen molar-refractivity contribution in [3.63, 3.8) is 0 Å². The minimum absolute atomic E-state index is 0.163. The molecule has 0 radical (unpaired) electrons. The highest BCUT2D eigenvalue weighted by atomic mass is 16.2. The van der Waals surface area contributed by atoms with Crippen LogP contribution in [0.25, 0.3) is 0 Å². The first kappa shape index (κ1) is 15.4. The van der Waals surface area contributed by atoms with Gasteiger partial charge in [-0.3, -0.25) is 4.79 Å². The van der Waals surface area contributed by atoms with E-state index in [0.717, 1.165) is 23.4 Å². The summed E-state index contributed by atoms with van der Waals surface area (Å²) in [6, 6.07) is 5.47. The van der Waals surface area contributed by atoms with Gasteiger partial charge in [0, 0.05) is 29.9 Å². The Balaban J connectivity index is 2.15. The number of carbonyl (C=O) groups excluding carboxylic acids is 2. The van der Waals surface area contributed by atoms with Crippen LogP contribution in [0.1, 0.15) is 39.7 Å². The largest absolute Gasteiger partial charge is 0.333 e. The third-order valence-electron chi connectivity index (χ3n) is 3.34. The fraction of sp³-hybridized carbons (Fsp3) is 0.500. The number of amides is 3. The molecule has 0 bridgehead atoms. The van der Waals surface area contributed by atoms with Gasteiger partial charge in [0.05, 0.1) is 0 Å². The highest BCUT2D eigenvalue weighted by Gasteiger charge is 2.23. The van der Waals surface area contributed by atoms with E-state index < -0.39 is 0 Å². The maximum Gasteiger partial charge on any atom is 0.319 e. The van der Waals surface area contributed by atoms with Crippen LogP contribution in [0.2, 0.25) is 0 Å². The lowest BCUT2D eigenvalue weighted by Crippen LogP contribution is -2.43. The van der Waals surface area contributed by atoms with Crippen LogP contribution in [0.3, 0.4) is 0 Å². The Morgan fingerprint density at radius 2 is 2.00 bits per heavy atom. The van der Waals surface area contributed by atoms with Crippen LogP contribution in [0, 0.1) is 0 Å². The average Bonchev–Trinajstić information content (AvgIpc) is 2.36. The van der Waals surface area contributed by atoms with E-state index in [0.29, 0.717) is 13.0 Å². The molecule has 5 nitrogen and oxygen atoms in total. The zero-order valence-electron chi connectivity index (χ0n) is 13.1. The molecule has 114 valence electrons. The number of nitrogens with zero attached hydrogens (tertiary/aromatic N) is 1. The molecular weight excluding hydrogens is 266 g/mol. The maximum atomic E-state index is 11.9. The average molecular weight is 289 g/mol. The molecule has 21 heavy (non-hydrogen) atoms. The van der Waals surface area contributed by atoms with Crippen molar-refractivity contribution >= 4 is 23.3 Å². The summed E-state index contributed by atoms with van der Waals surface area (Å²) in [4.78, 5) is 25.5. The molecule has 0 spiro atoms. The molecule has 0 atom stereocenters. The summed E-state index contributed by atoms with van der Waals surface area (Å²) in [5, 5.41) is 5.70. The van der Waals surface area contributed by atoms with Crippen LogP contribution < -0.4 is 15.5 Å². The second-order valence-corrected chi connectivity index (χ2v) is 6.31. The first-order valence-electron chi connectivity index (χ1n) is 7.32. The molecule has 2 N–H and O–H groups in total. The number of aryl methyl sites for hydroxylation is 1. The molecule has 5 heteroatoms. The molecule has 0 fully saturated rings. The van der Waals surface area contributed by atoms with Gasteiger partial charge in [0.1, 0.15) is 0 Å². The Morgan fingerprint density at radius 1 is 1.29 bits per heavy atom. The number of hydrogen-bond donors (Lipinski definition) is 2. The van der Waals surface area contributed by atoms with E-state index in [1.165, 1.54) is 0 Å². The van der Waals surface area contributed by atoms with Gasteiger partial charge in [0.2, 0.25) is 5.91 Å². The standard InChI is InChI=1S/C16H23N3O2/c1-5-19-13-8-7-12(10-11(13)6-9-14(19)20)17-15(21)18-16(2,3)4/h7-8,10H,5-6,9H2,1-4H3,(H2,17,18,21). The molecule has 1 heterocycles. The van der Waals surface area contributed by atoms with Crippen LogP contribution in [0.4, 0.5) is 16.2 Å². The summed E-state index contributed by atoms with van der Waals surface area (Å²) in [6.07, 6.45) is 1.25. The Hall–Kier alpha value is -2.04. The number of hydrogen-bond acceptors (Lipinski definition) is 2. The van der Waals surface area contributed by atoms with Crippen LogP contribution in [0.5, 0.6) is 0 Å². The van der Waals surface area contributed by atoms with Crippen LogP contribution in [-0.2, 0) is 11.2 Å². The molecule has 2 rings (SSSR count). The summed E-state index contributed by atoms with van der Waals surface area (Å²) in [5.41, 5.74) is 2.53. The Kier molecular flexibility index (Phi) is 4.21. The molecule has 1 aromatic rings. The number of carbonyl (C=O) groups is 2. The SMILES string of the molecule is CCN1C(=O)CCc2cc(NC(=O)NC(C)(C)C)ccc21. The van der Waals surface area contributed by atoms with E-state index >= 15 is 0 Å². The van der Waals surface area contributed by atoms with Crippen LogP contribution in [0.15, 0.2) is 18.2 Å². The van der Waals surface area contributed by atoms with Crippen molar-refractivity contribution in [1.29, 1.82) is 0 Å². The normalized spacial score (nSPS) is 14.7. The highest BCUT2D eigenvalue weighted by Crippen LogP contribution is 2.30. The predicted molar refractivity (Wildman–Crippen MR) is 84.7 cm³/mol. The van der Waals surface area contributed by atoms with E-state index in [1.807, 2.05) is 45.9 Å². The van der Waals surface area contributed by atoms with Gasteiger partial charge in [0.15, 0.2) is 0 Å². The minimum Gasteiger partial charge on any atom is -0.333 e. The van der Waals surface area contributed by atoms with Crippen molar-refractivity contribution < 1.29 is 9.59 Å².